The van der Waals surface area contributed by atoms with E-state index in [0.717, 1.165) is 29.3 Å². The van der Waals surface area contributed by atoms with Crippen LogP contribution < -0.4 is 5.32 Å². The molecular weight excluding hydrogens is 289 g/mol. The zero-order valence-corrected chi connectivity index (χ0v) is 11.9. The van der Waals surface area contributed by atoms with Gasteiger partial charge in [0.25, 0.3) is 5.91 Å². The van der Waals surface area contributed by atoms with Crippen molar-refractivity contribution in [1.82, 2.24) is 9.97 Å². The van der Waals surface area contributed by atoms with E-state index in [4.69, 9.17) is 11.6 Å². The van der Waals surface area contributed by atoms with Gasteiger partial charge in [0.1, 0.15) is 11.0 Å². The van der Waals surface area contributed by atoms with Crippen molar-refractivity contribution in [3.63, 3.8) is 0 Å². The summed E-state index contributed by atoms with van der Waals surface area (Å²) in [6.07, 6.45) is 1.75. The van der Waals surface area contributed by atoms with Crippen LogP contribution in [0.4, 0.5) is 9.52 Å². The Morgan fingerprint density at radius 2 is 2.32 bits per heavy atom. The number of hydrogen-bond acceptors (Lipinski definition) is 4. The normalized spacial score (nSPS) is 10.5. The molecule has 0 fully saturated rings. The van der Waals surface area contributed by atoms with E-state index in [1.165, 1.54) is 11.3 Å². The van der Waals surface area contributed by atoms with Gasteiger partial charge in [-0.25, -0.2) is 14.4 Å². The quantitative estimate of drug-likeness (QED) is 0.883. The summed E-state index contributed by atoms with van der Waals surface area (Å²) in [5, 5.41) is 3.03. The van der Waals surface area contributed by atoms with E-state index in [1.807, 2.05) is 13.8 Å². The highest BCUT2D eigenvalue weighted by atomic mass is 35.5. The van der Waals surface area contributed by atoms with Crippen LogP contribution in [0, 0.1) is 12.7 Å². The maximum atomic E-state index is 13.1. The van der Waals surface area contributed by atoms with E-state index >= 15 is 0 Å². The summed E-state index contributed by atoms with van der Waals surface area (Å²) >= 11 is 7.14. The fraction of sp³-hybridized carbons (Fsp3) is 0.250. The number of nitrogens with one attached hydrogen (secondary N) is 1. The predicted octanol–water partition coefficient (Wildman–Crippen LogP) is 3.45. The monoisotopic (exact) mass is 299 g/mol. The van der Waals surface area contributed by atoms with Crippen molar-refractivity contribution < 1.29 is 9.18 Å². The second kappa shape index (κ2) is 5.63. The Kier molecular flexibility index (Phi) is 4.11. The first-order valence-corrected chi connectivity index (χ1v) is 6.79. The van der Waals surface area contributed by atoms with Crippen molar-refractivity contribution in [3.8, 4) is 0 Å². The lowest BCUT2D eigenvalue weighted by atomic mass is 10.2. The molecule has 2 aromatic heterocycles. The fourth-order valence-electron chi connectivity index (χ4n) is 1.56. The van der Waals surface area contributed by atoms with Gasteiger partial charge in [-0.1, -0.05) is 18.5 Å². The molecule has 0 aromatic carbocycles. The molecule has 0 saturated heterocycles. The minimum absolute atomic E-state index is 0.00688. The highest BCUT2D eigenvalue weighted by molar-refractivity contribution is 7.15. The summed E-state index contributed by atoms with van der Waals surface area (Å²) in [7, 11) is 0. The Hall–Kier alpha value is -1.53. The maximum Gasteiger partial charge on any atom is 0.260 e. The largest absolute Gasteiger partial charge is 0.298 e. The number of rotatable bonds is 3. The summed E-state index contributed by atoms with van der Waals surface area (Å²) in [6, 6.07) is 1.05. The zero-order chi connectivity index (χ0) is 14.0. The molecule has 2 heterocycles. The molecule has 0 spiro atoms. The van der Waals surface area contributed by atoms with E-state index < -0.39 is 11.7 Å². The van der Waals surface area contributed by atoms with Gasteiger partial charge in [-0.05, 0) is 19.4 Å². The van der Waals surface area contributed by atoms with E-state index in [2.05, 4.69) is 15.3 Å². The van der Waals surface area contributed by atoms with Gasteiger partial charge >= 0.3 is 0 Å². The molecule has 19 heavy (non-hydrogen) atoms. The lowest BCUT2D eigenvalue weighted by Crippen LogP contribution is -2.13. The number of carbonyl (C=O) groups is 1. The van der Waals surface area contributed by atoms with Crippen molar-refractivity contribution in [1.29, 1.82) is 0 Å². The van der Waals surface area contributed by atoms with Gasteiger partial charge in [0.2, 0.25) is 0 Å². The van der Waals surface area contributed by atoms with Crippen LogP contribution in [0.25, 0.3) is 0 Å². The number of amides is 1. The van der Waals surface area contributed by atoms with Gasteiger partial charge in [-0.2, -0.15) is 0 Å². The van der Waals surface area contributed by atoms with Gasteiger partial charge in [-0.15, -0.1) is 11.3 Å². The minimum Gasteiger partial charge on any atom is -0.298 e. The lowest BCUT2D eigenvalue weighted by Gasteiger charge is -2.03. The van der Waals surface area contributed by atoms with Crippen molar-refractivity contribution in [2.75, 3.05) is 5.32 Å². The third kappa shape index (κ3) is 3.08. The summed E-state index contributed by atoms with van der Waals surface area (Å²) in [4.78, 5) is 20.9. The van der Waals surface area contributed by atoms with E-state index in [9.17, 15) is 9.18 Å². The van der Waals surface area contributed by atoms with Crippen LogP contribution in [0.5, 0.6) is 0 Å². The number of hydrogen-bond donors (Lipinski definition) is 1. The van der Waals surface area contributed by atoms with Crippen molar-refractivity contribution in [2.24, 2.45) is 0 Å². The molecule has 2 aromatic rings. The molecule has 7 heteroatoms. The molecule has 0 unspecified atom stereocenters. The van der Waals surface area contributed by atoms with Gasteiger partial charge in [0, 0.05) is 4.88 Å². The average Bonchev–Trinajstić information content (AvgIpc) is 2.72. The standard InChI is InChI=1S/C12H11ClFN3OS/c1-3-9-6(2)19-12(16-9)17-11(18)8-4-7(14)5-15-10(8)13/h4-5H,3H2,1-2H3,(H,16,17,18). The van der Waals surface area contributed by atoms with Crippen LogP contribution in [-0.4, -0.2) is 15.9 Å². The number of thiazole rings is 1. The number of aryl methyl sites for hydroxylation is 2. The molecular formula is C12H11ClFN3OS. The van der Waals surface area contributed by atoms with Crippen LogP contribution >= 0.6 is 22.9 Å². The molecule has 0 bridgehead atoms. The second-order valence-electron chi connectivity index (χ2n) is 3.82. The molecule has 2 rings (SSSR count). The molecule has 0 aliphatic carbocycles. The van der Waals surface area contributed by atoms with Gasteiger partial charge < -0.3 is 0 Å². The number of pyridine rings is 1. The molecule has 1 N–H and O–H groups in total. The summed E-state index contributed by atoms with van der Waals surface area (Å²) in [6.45, 7) is 3.92. The fourth-order valence-corrected chi connectivity index (χ4v) is 2.64. The molecule has 100 valence electrons. The third-order valence-corrected chi connectivity index (χ3v) is 3.73. The van der Waals surface area contributed by atoms with Crippen molar-refractivity contribution in [2.45, 2.75) is 20.3 Å². The molecule has 0 radical (unpaired) electrons. The molecule has 0 saturated carbocycles. The number of nitrogens with zero attached hydrogens (tertiary/aromatic N) is 2. The first-order chi connectivity index (χ1) is 9.01. The number of anilines is 1. The third-order valence-electron chi connectivity index (χ3n) is 2.50. The Morgan fingerprint density at radius 1 is 1.58 bits per heavy atom. The Bertz CT molecular complexity index is 629. The first-order valence-electron chi connectivity index (χ1n) is 5.60. The van der Waals surface area contributed by atoms with Crippen LogP contribution in [0.15, 0.2) is 12.3 Å². The van der Waals surface area contributed by atoms with E-state index in [-0.39, 0.29) is 10.7 Å². The Morgan fingerprint density at radius 3 is 2.95 bits per heavy atom. The van der Waals surface area contributed by atoms with Crippen molar-refractivity contribution in [3.05, 3.63) is 39.4 Å². The molecule has 4 nitrogen and oxygen atoms in total. The Labute approximate surface area is 118 Å². The van der Waals surface area contributed by atoms with Crippen LogP contribution in [0.2, 0.25) is 5.15 Å². The summed E-state index contributed by atoms with van der Waals surface area (Å²) < 4.78 is 13.1. The first kappa shape index (κ1) is 13.9. The van der Waals surface area contributed by atoms with E-state index in [0.29, 0.717) is 5.13 Å². The van der Waals surface area contributed by atoms with Crippen LogP contribution in [0.3, 0.4) is 0 Å². The predicted molar refractivity (Wildman–Crippen MR) is 73.4 cm³/mol. The zero-order valence-electron chi connectivity index (χ0n) is 10.3. The van der Waals surface area contributed by atoms with Crippen LogP contribution in [-0.2, 0) is 6.42 Å². The SMILES string of the molecule is CCc1nc(NC(=O)c2cc(F)cnc2Cl)sc1C. The van der Waals surface area contributed by atoms with Gasteiger partial charge in [0.15, 0.2) is 5.13 Å². The lowest BCUT2D eigenvalue weighted by molar-refractivity contribution is 0.102. The Balaban J connectivity index is 2.22. The highest BCUT2D eigenvalue weighted by Crippen LogP contribution is 2.23. The van der Waals surface area contributed by atoms with Gasteiger partial charge in [0.05, 0.1) is 17.5 Å². The molecule has 1 amide bonds. The number of halogens is 2. The highest BCUT2D eigenvalue weighted by Gasteiger charge is 2.15. The maximum absolute atomic E-state index is 13.1. The van der Waals surface area contributed by atoms with E-state index in [1.54, 1.807) is 0 Å². The average molecular weight is 300 g/mol. The minimum atomic E-state index is -0.612. The molecule has 0 atom stereocenters. The van der Waals surface area contributed by atoms with Crippen LogP contribution in [0.1, 0.15) is 27.9 Å². The smallest absolute Gasteiger partial charge is 0.260 e. The van der Waals surface area contributed by atoms with Gasteiger partial charge in [-0.3, -0.25) is 10.1 Å². The summed E-state index contributed by atoms with van der Waals surface area (Å²) in [5.74, 6) is -1.13. The molecule has 0 aliphatic heterocycles. The number of carbonyl (C=O) groups excluding carboxylic acids is 1. The van der Waals surface area contributed by atoms with Crippen molar-refractivity contribution >= 4 is 34.0 Å². The summed E-state index contributed by atoms with van der Waals surface area (Å²) in [5.41, 5.74) is 0.927. The molecule has 0 aliphatic rings. The number of aromatic nitrogens is 2. The second-order valence-corrected chi connectivity index (χ2v) is 5.38. The topological polar surface area (TPSA) is 54.9 Å².